The molecule has 94 valence electrons. The van der Waals surface area contributed by atoms with E-state index in [1.807, 2.05) is 13.8 Å². The molecule has 0 radical (unpaired) electrons. The van der Waals surface area contributed by atoms with Crippen LogP contribution in [-0.2, 0) is 0 Å². The van der Waals surface area contributed by atoms with Crippen LogP contribution in [0.3, 0.4) is 0 Å². The van der Waals surface area contributed by atoms with Gasteiger partial charge in [0.15, 0.2) is 0 Å². The number of aliphatic hydroxyl groups excluding tert-OH is 1. The summed E-state index contributed by atoms with van der Waals surface area (Å²) in [5, 5.41) is 23.1. The molecule has 1 rings (SSSR count). The van der Waals surface area contributed by atoms with Gasteiger partial charge < -0.3 is 10.4 Å². The maximum Gasteiger partial charge on any atom is 0.292 e. The van der Waals surface area contributed by atoms with E-state index < -0.39 is 4.92 Å². The normalized spacial score (nSPS) is 12.5. The summed E-state index contributed by atoms with van der Waals surface area (Å²) in [5.41, 5.74) is 0.421. The van der Waals surface area contributed by atoms with E-state index in [1.165, 1.54) is 6.07 Å². The summed E-state index contributed by atoms with van der Waals surface area (Å²) in [4.78, 5) is 10.4. The fourth-order valence-electron chi connectivity index (χ4n) is 1.41. The Morgan fingerprint density at radius 1 is 1.53 bits per heavy atom. The Morgan fingerprint density at radius 2 is 2.18 bits per heavy atom. The van der Waals surface area contributed by atoms with Gasteiger partial charge in [-0.05, 0) is 18.1 Å². The Hall–Kier alpha value is -1.14. The van der Waals surface area contributed by atoms with E-state index in [0.717, 1.165) is 4.47 Å². The second-order valence-electron chi connectivity index (χ2n) is 4.10. The molecule has 17 heavy (non-hydrogen) atoms. The largest absolute Gasteiger partial charge is 0.394 e. The molecular weight excluding hydrogens is 288 g/mol. The van der Waals surface area contributed by atoms with Crippen LogP contribution in [0.5, 0.6) is 0 Å². The summed E-state index contributed by atoms with van der Waals surface area (Å²) in [7, 11) is 0. The minimum Gasteiger partial charge on any atom is -0.394 e. The van der Waals surface area contributed by atoms with Crippen molar-refractivity contribution in [2.24, 2.45) is 5.92 Å². The maximum absolute atomic E-state index is 10.9. The Labute approximate surface area is 108 Å². The van der Waals surface area contributed by atoms with E-state index in [-0.39, 0.29) is 24.3 Å². The molecule has 1 aromatic carbocycles. The molecule has 0 fully saturated rings. The first kappa shape index (κ1) is 13.9. The number of aliphatic hydroxyl groups is 1. The number of halogens is 1. The van der Waals surface area contributed by atoms with Gasteiger partial charge in [0.2, 0.25) is 0 Å². The zero-order chi connectivity index (χ0) is 13.0. The molecule has 0 aliphatic heterocycles. The molecule has 0 saturated carbocycles. The summed E-state index contributed by atoms with van der Waals surface area (Å²) >= 11 is 3.27. The summed E-state index contributed by atoms with van der Waals surface area (Å²) in [6.07, 6.45) is 0. The van der Waals surface area contributed by atoms with Crippen molar-refractivity contribution in [3.8, 4) is 0 Å². The average molecular weight is 303 g/mol. The van der Waals surface area contributed by atoms with Crippen LogP contribution < -0.4 is 5.32 Å². The second kappa shape index (κ2) is 5.97. The van der Waals surface area contributed by atoms with Crippen LogP contribution in [0.25, 0.3) is 0 Å². The van der Waals surface area contributed by atoms with Crippen molar-refractivity contribution in [3.63, 3.8) is 0 Å². The standard InChI is InChI=1S/C11H15BrN2O3/c1-7(2)10(6-15)13-9-5-8(12)3-4-11(9)14(16)17/h3-5,7,10,13,15H,6H2,1-2H3/t10-/m1/s1. The highest BCUT2D eigenvalue weighted by Gasteiger charge is 2.18. The molecule has 0 spiro atoms. The molecule has 0 amide bonds. The predicted molar refractivity (Wildman–Crippen MR) is 70.1 cm³/mol. The minimum atomic E-state index is -0.441. The third kappa shape index (κ3) is 3.67. The van der Waals surface area contributed by atoms with Gasteiger partial charge in [-0.25, -0.2) is 0 Å². The summed E-state index contributed by atoms with van der Waals surface area (Å²) in [5.74, 6) is 0.179. The lowest BCUT2D eigenvalue weighted by Crippen LogP contribution is -2.29. The Morgan fingerprint density at radius 3 is 2.65 bits per heavy atom. The molecule has 1 aromatic rings. The second-order valence-corrected chi connectivity index (χ2v) is 5.01. The Bertz CT molecular complexity index is 410. The van der Waals surface area contributed by atoms with Gasteiger partial charge in [0.25, 0.3) is 5.69 Å². The number of nitrogens with one attached hydrogen (secondary N) is 1. The molecule has 0 aliphatic rings. The fraction of sp³-hybridized carbons (Fsp3) is 0.455. The van der Waals surface area contributed by atoms with Gasteiger partial charge in [-0.3, -0.25) is 10.1 Å². The van der Waals surface area contributed by atoms with Crippen molar-refractivity contribution >= 4 is 27.3 Å². The molecule has 1 atom stereocenters. The van der Waals surface area contributed by atoms with Crippen molar-refractivity contribution in [3.05, 3.63) is 32.8 Å². The zero-order valence-corrected chi connectivity index (χ0v) is 11.3. The third-order valence-corrected chi connectivity index (χ3v) is 2.99. The average Bonchev–Trinajstić information content (AvgIpc) is 2.25. The van der Waals surface area contributed by atoms with Gasteiger partial charge in [0, 0.05) is 10.5 Å². The van der Waals surface area contributed by atoms with Crippen LogP contribution in [0.1, 0.15) is 13.8 Å². The Balaban J connectivity index is 3.03. The molecule has 0 saturated heterocycles. The quantitative estimate of drug-likeness (QED) is 0.648. The molecular formula is C11H15BrN2O3. The van der Waals surface area contributed by atoms with Crippen molar-refractivity contribution in [2.75, 3.05) is 11.9 Å². The van der Waals surface area contributed by atoms with Crippen LogP contribution in [0, 0.1) is 16.0 Å². The SMILES string of the molecule is CC(C)[C@@H](CO)Nc1cc(Br)ccc1[N+](=O)[O-]. The van der Waals surface area contributed by atoms with E-state index in [0.29, 0.717) is 5.69 Å². The molecule has 0 aromatic heterocycles. The molecule has 0 bridgehead atoms. The lowest BCUT2D eigenvalue weighted by atomic mass is 10.0. The number of benzene rings is 1. The number of hydrogen-bond donors (Lipinski definition) is 2. The molecule has 0 heterocycles. The van der Waals surface area contributed by atoms with Crippen LogP contribution in [0.4, 0.5) is 11.4 Å². The van der Waals surface area contributed by atoms with E-state index in [4.69, 9.17) is 0 Å². The van der Waals surface area contributed by atoms with Gasteiger partial charge in [-0.1, -0.05) is 29.8 Å². The lowest BCUT2D eigenvalue weighted by Gasteiger charge is -2.21. The highest BCUT2D eigenvalue weighted by atomic mass is 79.9. The van der Waals surface area contributed by atoms with Crippen LogP contribution in [0.15, 0.2) is 22.7 Å². The maximum atomic E-state index is 10.9. The Kier molecular flexibility index (Phi) is 4.89. The fourth-order valence-corrected chi connectivity index (χ4v) is 1.77. The lowest BCUT2D eigenvalue weighted by molar-refractivity contribution is -0.384. The zero-order valence-electron chi connectivity index (χ0n) is 9.68. The van der Waals surface area contributed by atoms with E-state index >= 15 is 0 Å². The van der Waals surface area contributed by atoms with Gasteiger partial charge >= 0.3 is 0 Å². The first-order chi connectivity index (χ1) is 7.95. The third-order valence-electron chi connectivity index (χ3n) is 2.50. The van der Waals surface area contributed by atoms with Crippen molar-refractivity contribution in [1.82, 2.24) is 0 Å². The summed E-state index contributed by atoms with van der Waals surface area (Å²) in [6.45, 7) is 3.82. The number of anilines is 1. The summed E-state index contributed by atoms with van der Waals surface area (Å²) in [6, 6.07) is 4.49. The van der Waals surface area contributed by atoms with Crippen LogP contribution >= 0.6 is 15.9 Å². The predicted octanol–water partition coefficient (Wildman–Crippen LogP) is 2.79. The van der Waals surface area contributed by atoms with Gasteiger partial charge in [0.05, 0.1) is 17.6 Å². The van der Waals surface area contributed by atoms with Gasteiger partial charge in [-0.2, -0.15) is 0 Å². The van der Waals surface area contributed by atoms with E-state index in [2.05, 4.69) is 21.2 Å². The van der Waals surface area contributed by atoms with Crippen molar-refractivity contribution < 1.29 is 10.0 Å². The topological polar surface area (TPSA) is 75.4 Å². The first-order valence-electron chi connectivity index (χ1n) is 5.27. The summed E-state index contributed by atoms with van der Waals surface area (Å²) < 4.78 is 0.756. The molecule has 0 unspecified atom stereocenters. The number of nitrogens with zero attached hydrogens (tertiary/aromatic N) is 1. The number of hydrogen-bond acceptors (Lipinski definition) is 4. The van der Waals surface area contributed by atoms with Crippen LogP contribution in [-0.4, -0.2) is 22.7 Å². The van der Waals surface area contributed by atoms with Crippen molar-refractivity contribution in [1.29, 1.82) is 0 Å². The van der Waals surface area contributed by atoms with E-state index in [9.17, 15) is 15.2 Å². The molecule has 2 N–H and O–H groups in total. The molecule has 0 aliphatic carbocycles. The highest BCUT2D eigenvalue weighted by Crippen LogP contribution is 2.29. The highest BCUT2D eigenvalue weighted by molar-refractivity contribution is 9.10. The first-order valence-corrected chi connectivity index (χ1v) is 6.06. The molecule has 5 nitrogen and oxygen atoms in total. The van der Waals surface area contributed by atoms with Crippen molar-refractivity contribution in [2.45, 2.75) is 19.9 Å². The number of nitro groups is 1. The minimum absolute atomic E-state index is 0.00676. The number of nitro benzene ring substituents is 1. The monoisotopic (exact) mass is 302 g/mol. The van der Waals surface area contributed by atoms with Crippen LogP contribution in [0.2, 0.25) is 0 Å². The number of rotatable bonds is 5. The van der Waals surface area contributed by atoms with Gasteiger partial charge in [-0.15, -0.1) is 0 Å². The van der Waals surface area contributed by atoms with E-state index in [1.54, 1.807) is 12.1 Å². The molecule has 6 heteroatoms. The van der Waals surface area contributed by atoms with Gasteiger partial charge in [0.1, 0.15) is 5.69 Å². The smallest absolute Gasteiger partial charge is 0.292 e.